The Morgan fingerprint density at radius 2 is 2.00 bits per heavy atom. The van der Waals surface area contributed by atoms with Crippen LogP contribution < -0.4 is 5.32 Å². The van der Waals surface area contributed by atoms with Crippen LogP contribution in [0.25, 0.3) is 0 Å². The Balaban J connectivity index is 1.83. The molecular weight excluding hydrogens is 260 g/mol. The van der Waals surface area contributed by atoms with Crippen LogP contribution in [-0.4, -0.2) is 40.4 Å². The standard InChI is InChI=1S/C17H32N4/c1-5-11-18-15-7-9-16(10-8-15)20(4)13-17-12-14(3)19-21(17)6-2/h12,15-16,18H,5-11,13H2,1-4H3. The highest BCUT2D eigenvalue weighted by Crippen LogP contribution is 2.23. The third kappa shape index (κ3) is 4.55. The van der Waals surface area contributed by atoms with Crippen LogP contribution >= 0.6 is 0 Å². The molecular formula is C17H32N4. The summed E-state index contributed by atoms with van der Waals surface area (Å²) in [5.41, 5.74) is 2.48. The third-order valence-corrected chi connectivity index (χ3v) is 4.70. The van der Waals surface area contributed by atoms with Crippen molar-refractivity contribution < 1.29 is 0 Å². The van der Waals surface area contributed by atoms with Gasteiger partial charge in [-0.2, -0.15) is 5.10 Å². The van der Waals surface area contributed by atoms with Gasteiger partial charge in [0.05, 0.1) is 11.4 Å². The van der Waals surface area contributed by atoms with Crippen molar-refractivity contribution in [2.45, 2.75) is 78.0 Å². The summed E-state index contributed by atoms with van der Waals surface area (Å²) < 4.78 is 2.14. The molecule has 1 aromatic heterocycles. The maximum Gasteiger partial charge on any atom is 0.0597 e. The van der Waals surface area contributed by atoms with Crippen molar-refractivity contribution in [2.75, 3.05) is 13.6 Å². The van der Waals surface area contributed by atoms with Gasteiger partial charge in [-0.3, -0.25) is 9.58 Å². The molecule has 120 valence electrons. The van der Waals surface area contributed by atoms with Crippen LogP contribution in [0.15, 0.2) is 6.07 Å². The lowest BCUT2D eigenvalue weighted by Gasteiger charge is -2.35. The molecule has 1 N–H and O–H groups in total. The number of aromatic nitrogens is 2. The fourth-order valence-electron chi connectivity index (χ4n) is 3.45. The van der Waals surface area contributed by atoms with E-state index in [-0.39, 0.29) is 0 Å². The minimum absolute atomic E-state index is 0.727. The van der Waals surface area contributed by atoms with E-state index in [1.54, 1.807) is 0 Å². The maximum absolute atomic E-state index is 4.55. The van der Waals surface area contributed by atoms with E-state index in [1.807, 2.05) is 0 Å². The summed E-state index contributed by atoms with van der Waals surface area (Å²) >= 11 is 0. The summed E-state index contributed by atoms with van der Waals surface area (Å²) in [6, 6.07) is 3.71. The third-order valence-electron chi connectivity index (χ3n) is 4.70. The largest absolute Gasteiger partial charge is 0.314 e. The second kappa shape index (κ2) is 7.95. The predicted octanol–water partition coefficient (Wildman–Crippen LogP) is 2.95. The number of hydrogen-bond acceptors (Lipinski definition) is 3. The first kappa shape index (κ1) is 16.5. The van der Waals surface area contributed by atoms with Gasteiger partial charge < -0.3 is 5.32 Å². The number of rotatable bonds is 7. The Bertz CT molecular complexity index is 418. The summed E-state index contributed by atoms with van der Waals surface area (Å²) in [5, 5.41) is 8.22. The van der Waals surface area contributed by atoms with Gasteiger partial charge in [-0.05, 0) is 65.6 Å². The van der Waals surface area contributed by atoms with E-state index >= 15 is 0 Å². The summed E-state index contributed by atoms with van der Waals surface area (Å²) in [5.74, 6) is 0. The van der Waals surface area contributed by atoms with Crippen molar-refractivity contribution in [1.82, 2.24) is 20.0 Å². The molecule has 1 aliphatic carbocycles. The molecule has 1 fully saturated rings. The maximum atomic E-state index is 4.55. The molecule has 0 saturated heterocycles. The number of nitrogens with zero attached hydrogens (tertiary/aromatic N) is 3. The van der Waals surface area contributed by atoms with Gasteiger partial charge in [0, 0.05) is 25.2 Å². The molecule has 0 bridgehead atoms. The van der Waals surface area contributed by atoms with Gasteiger partial charge in [0.2, 0.25) is 0 Å². The minimum Gasteiger partial charge on any atom is -0.314 e. The van der Waals surface area contributed by atoms with Crippen molar-refractivity contribution in [3.8, 4) is 0 Å². The zero-order valence-electron chi connectivity index (χ0n) is 14.2. The first-order valence-electron chi connectivity index (χ1n) is 8.61. The second-order valence-corrected chi connectivity index (χ2v) is 6.47. The summed E-state index contributed by atoms with van der Waals surface area (Å²) in [7, 11) is 2.27. The van der Waals surface area contributed by atoms with E-state index < -0.39 is 0 Å². The highest BCUT2D eigenvalue weighted by atomic mass is 15.3. The van der Waals surface area contributed by atoms with E-state index in [0.717, 1.165) is 30.9 Å². The van der Waals surface area contributed by atoms with Crippen molar-refractivity contribution in [1.29, 1.82) is 0 Å². The van der Waals surface area contributed by atoms with Gasteiger partial charge in [0.25, 0.3) is 0 Å². The Hall–Kier alpha value is -0.870. The predicted molar refractivity (Wildman–Crippen MR) is 88.4 cm³/mol. The highest BCUT2D eigenvalue weighted by Gasteiger charge is 2.24. The monoisotopic (exact) mass is 292 g/mol. The molecule has 1 heterocycles. The highest BCUT2D eigenvalue weighted by molar-refractivity contribution is 5.09. The molecule has 4 nitrogen and oxygen atoms in total. The lowest BCUT2D eigenvalue weighted by Crippen LogP contribution is -2.41. The van der Waals surface area contributed by atoms with E-state index in [0.29, 0.717) is 0 Å². The van der Waals surface area contributed by atoms with E-state index in [9.17, 15) is 0 Å². The van der Waals surface area contributed by atoms with E-state index in [2.05, 4.69) is 53.9 Å². The summed E-state index contributed by atoms with van der Waals surface area (Å²) in [6.45, 7) is 9.64. The van der Waals surface area contributed by atoms with Crippen LogP contribution in [0.4, 0.5) is 0 Å². The first-order chi connectivity index (χ1) is 10.1. The smallest absolute Gasteiger partial charge is 0.0597 e. The van der Waals surface area contributed by atoms with Crippen LogP contribution in [0.3, 0.4) is 0 Å². The lowest BCUT2D eigenvalue weighted by molar-refractivity contribution is 0.164. The van der Waals surface area contributed by atoms with Crippen LogP contribution in [0.5, 0.6) is 0 Å². The molecule has 0 atom stereocenters. The molecule has 1 aliphatic rings. The molecule has 0 aromatic carbocycles. The quantitative estimate of drug-likeness (QED) is 0.839. The molecule has 0 unspecified atom stereocenters. The van der Waals surface area contributed by atoms with Crippen molar-refractivity contribution in [2.24, 2.45) is 0 Å². The fraction of sp³-hybridized carbons (Fsp3) is 0.824. The van der Waals surface area contributed by atoms with Crippen LogP contribution in [-0.2, 0) is 13.1 Å². The van der Waals surface area contributed by atoms with Gasteiger partial charge in [-0.1, -0.05) is 6.92 Å². The number of nitrogens with one attached hydrogen (secondary N) is 1. The average molecular weight is 292 g/mol. The van der Waals surface area contributed by atoms with Gasteiger partial charge in [0.1, 0.15) is 0 Å². The summed E-state index contributed by atoms with van der Waals surface area (Å²) in [4.78, 5) is 2.53. The molecule has 2 rings (SSSR count). The minimum atomic E-state index is 0.727. The Morgan fingerprint density at radius 1 is 1.29 bits per heavy atom. The molecule has 1 saturated carbocycles. The molecule has 0 aliphatic heterocycles. The lowest BCUT2D eigenvalue weighted by atomic mass is 9.90. The zero-order chi connectivity index (χ0) is 15.2. The molecule has 4 heteroatoms. The van der Waals surface area contributed by atoms with Crippen molar-refractivity contribution in [3.63, 3.8) is 0 Å². The van der Waals surface area contributed by atoms with Crippen LogP contribution in [0.1, 0.15) is 57.3 Å². The SMILES string of the molecule is CCCNC1CCC(N(C)Cc2cc(C)nn2CC)CC1. The van der Waals surface area contributed by atoms with Crippen molar-refractivity contribution in [3.05, 3.63) is 17.5 Å². The number of aryl methyl sites for hydroxylation is 2. The Labute approximate surface area is 129 Å². The molecule has 1 aromatic rings. The molecule has 0 spiro atoms. The fourth-order valence-corrected chi connectivity index (χ4v) is 3.45. The topological polar surface area (TPSA) is 33.1 Å². The number of hydrogen-bond donors (Lipinski definition) is 1. The summed E-state index contributed by atoms with van der Waals surface area (Å²) in [6.07, 6.45) is 6.51. The van der Waals surface area contributed by atoms with Gasteiger partial charge in [-0.15, -0.1) is 0 Å². The first-order valence-corrected chi connectivity index (χ1v) is 8.61. The zero-order valence-corrected chi connectivity index (χ0v) is 14.2. The molecule has 21 heavy (non-hydrogen) atoms. The van der Waals surface area contributed by atoms with E-state index in [4.69, 9.17) is 0 Å². The van der Waals surface area contributed by atoms with E-state index in [1.165, 1.54) is 44.3 Å². The second-order valence-electron chi connectivity index (χ2n) is 6.47. The van der Waals surface area contributed by atoms with Gasteiger partial charge >= 0.3 is 0 Å². The Morgan fingerprint density at radius 3 is 2.62 bits per heavy atom. The molecule has 0 amide bonds. The van der Waals surface area contributed by atoms with Crippen LogP contribution in [0.2, 0.25) is 0 Å². The van der Waals surface area contributed by atoms with Gasteiger partial charge in [-0.25, -0.2) is 0 Å². The molecule has 0 radical (unpaired) electrons. The van der Waals surface area contributed by atoms with Crippen molar-refractivity contribution >= 4 is 0 Å². The average Bonchev–Trinajstić information content (AvgIpc) is 2.85. The van der Waals surface area contributed by atoms with Gasteiger partial charge in [0.15, 0.2) is 0 Å². The normalized spacial score (nSPS) is 22.9. The Kier molecular flexibility index (Phi) is 6.24. The van der Waals surface area contributed by atoms with Crippen LogP contribution in [0, 0.1) is 6.92 Å².